The molecule has 0 spiro atoms. The Morgan fingerprint density at radius 2 is 1.85 bits per heavy atom. The maximum atomic E-state index is 13.3. The summed E-state index contributed by atoms with van der Waals surface area (Å²) in [5.74, 6) is 1.68. The van der Waals surface area contributed by atoms with Crippen LogP contribution in [0.1, 0.15) is 43.7 Å². The topological polar surface area (TPSA) is 82.5 Å². The zero-order chi connectivity index (χ0) is 23.3. The van der Waals surface area contributed by atoms with Crippen LogP contribution >= 0.6 is 11.8 Å². The SMILES string of the molecule is O=C(CSc1nc2ccccc2c(=O)n1C1CCCCC1)NCCc1ccc2c(c1)OCCO2. The van der Waals surface area contributed by atoms with Gasteiger partial charge in [-0.2, -0.15) is 0 Å². The van der Waals surface area contributed by atoms with E-state index in [2.05, 4.69) is 5.32 Å². The third kappa shape index (κ3) is 5.06. The molecule has 1 aliphatic carbocycles. The van der Waals surface area contributed by atoms with E-state index < -0.39 is 0 Å². The average Bonchev–Trinajstić information content (AvgIpc) is 2.88. The number of fused-ring (bicyclic) bond motifs is 2. The maximum absolute atomic E-state index is 13.3. The molecule has 1 amide bonds. The van der Waals surface area contributed by atoms with E-state index >= 15 is 0 Å². The fourth-order valence-corrected chi connectivity index (χ4v) is 5.56. The summed E-state index contributed by atoms with van der Waals surface area (Å²) in [6.07, 6.45) is 6.11. The number of carbonyl (C=O) groups excluding carboxylic acids is 1. The molecule has 34 heavy (non-hydrogen) atoms. The summed E-state index contributed by atoms with van der Waals surface area (Å²) in [5.41, 5.74) is 1.76. The van der Waals surface area contributed by atoms with Gasteiger partial charge in [-0.25, -0.2) is 4.98 Å². The van der Waals surface area contributed by atoms with E-state index in [4.69, 9.17) is 14.5 Å². The molecule has 2 aliphatic rings. The number of aromatic nitrogens is 2. The minimum absolute atomic E-state index is 0.000911. The molecule has 7 nitrogen and oxygen atoms in total. The monoisotopic (exact) mass is 479 g/mol. The van der Waals surface area contributed by atoms with Gasteiger partial charge >= 0.3 is 0 Å². The Morgan fingerprint density at radius 1 is 1.06 bits per heavy atom. The van der Waals surface area contributed by atoms with Gasteiger partial charge in [-0.1, -0.05) is 49.2 Å². The molecule has 1 fully saturated rings. The van der Waals surface area contributed by atoms with Crippen LogP contribution in [-0.4, -0.2) is 41.0 Å². The summed E-state index contributed by atoms with van der Waals surface area (Å²) in [7, 11) is 0. The first-order valence-electron chi connectivity index (χ1n) is 12.0. The molecule has 2 heterocycles. The Bertz CT molecular complexity index is 1240. The van der Waals surface area contributed by atoms with Gasteiger partial charge in [0.15, 0.2) is 16.7 Å². The first-order valence-corrected chi connectivity index (χ1v) is 13.0. The van der Waals surface area contributed by atoms with Gasteiger partial charge in [-0.15, -0.1) is 0 Å². The largest absolute Gasteiger partial charge is 0.486 e. The van der Waals surface area contributed by atoms with E-state index in [0.29, 0.717) is 42.2 Å². The zero-order valence-electron chi connectivity index (χ0n) is 19.1. The minimum Gasteiger partial charge on any atom is -0.486 e. The van der Waals surface area contributed by atoms with E-state index in [-0.39, 0.29) is 23.3 Å². The minimum atomic E-state index is -0.0693. The predicted octanol–water partition coefficient (Wildman–Crippen LogP) is 4.12. The molecule has 1 saturated carbocycles. The van der Waals surface area contributed by atoms with Crippen LogP contribution in [0.3, 0.4) is 0 Å². The summed E-state index contributed by atoms with van der Waals surface area (Å²) in [4.78, 5) is 30.7. The second kappa shape index (κ2) is 10.5. The van der Waals surface area contributed by atoms with Crippen molar-refractivity contribution in [2.75, 3.05) is 25.5 Å². The first-order chi connectivity index (χ1) is 16.7. The van der Waals surface area contributed by atoms with Crippen molar-refractivity contribution in [1.82, 2.24) is 14.9 Å². The second-order valence-corrected chi connectivity index (χ2v) is 9.69. The van der Waals surface area contributed by atoms with Crippen molar-refractivity contribution < 1.29 is 14.3 Å². The van der Waals surface area contributed by atoms with Crippen LogP contribution in [0, 0.1) is 0 Å². The van der Waals surface area contributed by atoms with E-state index in [1.54, 1.807) is 0 Å². The standard InChI is InChI=1S/C26H29N3O4S/c30-24(27-13-12-18-10-11-22-23(16-18)33-15-14-32-22)17-34-26-28-21-9-5-4-8-20(21)25(31)29(26)19-6-2-1-3-7-19/h4-5,8-11,16,19H,1-3,6-7,12-15,17H2,(H,27,30). The quantitative estimate of drug-likeness (QED) is 0.405. The van der Waals surface area contributed by atoms with Gasteiger partial charge in [0.05, 0.1) is 16.7 Å². The molecule has 0 saturated heterocycles. The number of ether oxygens (including phenoxy) is 2. The van der Waals surface area contributed by atoms with Crippen LogP contribution < -0.4 is 20.3 Å². The Morgan fingerprint density at radius 3 is 2.71 bits per heavy atom. The molecule has 8 heteroatoms. The fraction of sp³-hybridized carbons (Fsp3) is 0.423. The molecular weight excluding hydrogens is 450 g/mol. The van der Waals surface area contributed by atoms with Crippen molar-refractivity contribution >= 4 is 28.6 Å². The number of amides is 1. The highest BCUT2D eigenvalue weighted by Gasteiger charge is 2.22. The third-order valence-corrected chi connectivity index (χ3v) is 7.34. The van der Waals surface area contributed by atoms with Crippen LogP contribution in [0.2, 0.25) is 0 Å². The van der Waals surface area contributed by atoms with Gasteiger partial charge in [0, 0.05) is 12.6 Å². The summed E-state index contributed by atoms with van der Waals surface area (Å²) in [6, 6.07) is 13.5. The molecule has 2 aromatic carbocycles. The van der Waals surface area contributed by atoms with E-state index in [1.165, 1.54) is 18.2 Å². The average molecular weight is 480 g/mol. The van der Waals surface area contributed by atoms with Crippen molar-refractivity contribution in [2.45, 2.75) is 49.7 Å². The van der Waals surface area contributed by atoms with Gasteiger partial charge in [0.1, 0.15) is 13.2 Å². The molecule has 178 valence electrons. The highest BCUT2D eigenvalue weighted by atomic mass is 32.2. The molecule has 0 atom stereocenters. The summed E-state index contributed by atoms with van der Waals surface area (Å²) >= 11 is 1.35. The number of benzene rings is 2. The number of nitrogens with one attached hydrogen (secondary N) is 1. The van der Waals surface area contributed by atoms with E-state index in [1.807, 2.05) is 47.0 Å². The van der Waals surface area contributed by atoms with Crippen LogP contribution in [0.25, 0.3) is 10.9 Å². The molecule has 5 rings (SSSR count). The number of carbonyl (C=O) groups is 1. The number of nitrogens with zero attached hydrogens (tertiary/aromatic N) is 2. The van der Waals surface area contributed by atoms with Crippen LogP contribution in [0.15, 0.2) is 52.4 Å². The van der Waals surface area contributed by atoms with Crippen LogP contribution in [0.5, 0.6) is 11.5 Å². The van der Waals surface area contributed by atoms with Crippen LogP contribution in [-0.2, 0) is 11.2 Å². The molecule has 0 bridgehead atoms. The Balaban J connectivity index is 1.23. The number of hydrogen-bond donors (Lipinski definition) is 1. The molecular formula is C26H29N3O4S. The van der Waals surface area contributed by atoms with Gasteiger partial charge < -0.3 is 14.8 Å². The molecule has 0 unspecified atom stereocenters. The molecule has 1 N–H and O–H groups in total. The normalized spacial score (nSPS) is 15.9. The lowest BCUT2D eigenvalue weighted by molar-refractivity contribution is -0.118. The summed E-state index contributed by atoms with van der Waals surface area (Å²) < 4.78 is 13.0. The van der Waals surface area contributed by atoms with Crippen molar-refractivity contribution in [3.63, 3.8) is 0 Å². The number of rotatable bonds is 7. The van der Waals surface area contributed by atoms with E-state index in [9.17, 15) is 9.59 Å². The lowest BCUT2D eigenvalue weighted by atomic mass is 9.95. The number of para-hydroxylation sites is 1. The third-order valence-electron chi connectivity index (χ3n) is 6.39. The zero-order valence-corrected chi connectivity index (χ0v) is 19.9. The van der Waals surface area contributed by atoms with Crippen molar-refractivity contribution in [2.24, 2.45) is 0 Å². The Kier molecular flexibility index (Phi) is 7.04. The van der Waals surface area contributed by atoms with Crippen molar-refractivity contribution in [3.8, 4) is 11.5 Å². The number of thioether (sulfide) groups is 1. The van der Waals surface area contributed by atoms with E-state index in [0.717, 1.165) is 42.7 Å². The summed E-state index contributed by atoms with van der Waals surface area (Å²) in [6.45, 7) is 1.65. The smallest absolute Gasteiger partial charge is 0.262 e. The van der Waals surface area contributed by atoms with Gasteiger partial charge in [0.25, 0.3) is 5.56 Å². The first kappa shape index (κ1) is 22.8. The van der Waals surface area contributed by atoms with Crippen LogP contribution in [0.4, 0.5) is 0 Å². The number of hydrogen-bond acceptors (Lipinski definition) is 6. The van der Waals surface area contributed by atoms with Gasteiger partial charge in [-0.05, 0) is 49.1 Å². The molecule has 1 aliphatic heterocycles. The highest BCUT2D eigenvalue weighted by Crippen LogP contribution is 2.32. The molecule has 0 radical (unpaired) electrons. The summed E-state index contributed by atoms with van der Waals surface area (Å²) in [5, 5.41) is 4.26. The van der Waals surface area contributed by atoms with Crippen molar-refractivity contribution in [1.29, 1.82) is 0 Å². The maximum Gasteiger partial charge on any atom is 0.262 e. The van der Waals surface area contributed by atoms with Gasteiger partial charge in [0.2, 0.25) is 5.91 Å². The lowest BCUT2D eigenvalue weighted by Crippen LogP contribution is -2.30. The predicted molar refractivity (Wildman–Crippen MR) is 133 cm³/mol. The molecule has 1 aromatic heterocycles. The lowest BCUT2D eigenvalue weighted by Gasteiger charge is -2.26. The second-order valence-electron chi connectivity index (χ2n) is 8.75. The van der Waals surface area contributed by atoms with Gasteiger partial charge in [-0.3, -0.25) is 14.2 Å². The fourth-order valence-electron chi connectivity index (χ4n) is 4.66. The molecule has 3 aromatic rings. The van der Waals surface area contributed by atoms with Crippen molar-refractivity contribution in [3.05, 3.63) is 58.4 Å². The highest BCUT2D eigenvalue weighted by molar-refractivity contribution is 7.99. The Labute approximate surface area is 202 Å². The Hall–Kier alpha value is -3.00.